The number of halogens is 3. The number of fused-ring (bicyclic) bond motifs is 2. The van der Waals surface area contributed by atoms with Crippen LogP contribution in [0.4, 0.5) is 13.2 Å². The Bertz CT molecular complexity index is 951. The summed E-state index contributed by atoms with van der Waals surface area (Å²) in [6, 6.07) is 15.4. The van der Waals surface area contributed by atoms with Crippen LogP contribution in [0.1, 0.15) is 59.2 Å². The van der Waals surface area contributed by atoms with E-state index in [4.69, 9.17) is 0 Å². The van der Waals surface area contributed by atoms with Crippen molar-refractivity contribution >= 4 is 5.78 Å². The van der Waals surface area contributed by atoms with E-state index in [0.29, 0.717) is 12.8 Å². The molecular formula is C24H23F3N2O. The largest absolute Gasteiger partial charge is 0.416 e. The summed E-state index contributed by atoms with van der Waals surface area (Å²) in [5, 5.41) is 9.34. The van der Waals surface area contributed by atoms with Crippen LogP contribution in [-0.2, 0) is 12.7 Å². The van der Waals surface area contributed by atoms with Crippen molar-refractivity contribution in [2.75, 3.05) is 0 Å². The Morgan fingerprint density at radius 2 is 1.73 bits per heavy atom. The van der Waals surface area contributed by atoms with Gasteiger partial charge in [-0.3, -0.25) is 9.69 Å². The molecular weight excluding hydrogens is 389 g/mol. The Balaban J connectivity index is 1.57. The first kappa shape index (κ1) is 20.6. The van der Waals surface area contributed by atoms with Crippen LogP contribution in [0.15, 0.2) is 48.5 Å². The Morgan fingerprint density at radius 3 is 2.33 bits per heavy atom. The van der Waals surface area contributed by atoms with Gasteiger partial charge in [-0.25, -0.2) is 0 Å². The minimum Gasteiger partial charge on any atom is -0.294 e. The highest BCUT2D eigenvalue weighted by molar-refractivity contribution is 6.00. The summed E-state index contributed by atoms with van der Waals surface area (Å²) in [4.78, 5) is 15.7. The molecule has 0 aliphatic carbocycles. The van der Waals surface area contributed by atoms with Gasteiger partial charge in [-0.2, -0.15) is 18.4 Å². The predicted molar refractivity (Wildman–Crippen MR) is 107 cm³/mol. The summed E-state index contributed by atoms with van der Waals surface area (Å²) >= 11 is 0. The summed E-state index contributed by atoms with van der Waals surface area (Å²) in [7, 11) is 0. The number of nitriles is 1. The average Bonchev–Trinajstić information content (AvgIpc) is 2.72. The molecule has 2 aliphatic heterocycles. The number of carbonyl (C=O) groups excluding carboxylic acids is 1. The SMILES string of the molecule is N#Cc1ccc(C(F)(F)F)cc1C(=O)C1CC2CCCC(C1)N2Cc1ccccc1. The lowest BCUT2D eigenvalue weighted by Gasteiger charge is -2.48. The van der Waals surface area contributed by atoms with E-state index in [2.05, 4.69) is 17.0 Å². The number of benzene rings is 2. The Kier molecular flexibility index (Phi) is 5.66. The number of ketones is 1. The van der Waals surface area contributed by atoms with Crippen molar-refractivity contribution in [3.8, 4) is 6.07 Å². The number of piperidine rings is 2. The Morgan fingerprint density at radius 1 is 1.07 bits per heavy atom. The summed E-state index contributed by atoms with van der Waals surface area (Å²) in [5.41, 5.74) is 0.271. The van der Waals surface area contributed by atoms with Crippen LogP contribution in [0.25, 0.3) is 0 Å². The summed E-state index contributed by atoms with van der Waals surface area (Å²) in [6.07, 6.45) is -0.207. The third-order valence-electron chi connectivity index (χ3n) is 6.44. The fraction of sp³-hybridized carbons (Fsp3) is 0.417. The van der Waals surface area contributed by atoms with Gasteiger partial charge in [0.15, 0.2) is 5.78 Å². The first-order valence-corrected chi connectivity index (χ1v) is 10.3. The molecule has 30 heavy (non-hydrogen) atoms. The van der Waals surface area contributed by atoms with Gasteiger partial charge in [-0.1, -0.05) is 36.8 Å². The molecule has 0 radical (unpaired) electrons. The van der Waals surface area contributed by atoms with Gasteiger partial charge in [-0.15, -0.1) is 0 Å². The summed E-state index contributed by atoms with van der Waals surface area (Å²) in [5.74, 6) is -0.670. The third kappa shape index (κ3) is 4.13. The molecule has 2 bridgehead atoms. The van der Waals surface area contributed by atoms with Gasteiger partial charge in [0.25, 0.3) is 0 Å². The molecule has 2 heterocycles. The minimum atomic E-state index is -4.54. The van der Waals surface area contributed by atoms with E-state index in [1.807, 2.05) is 24.3 Å². The Hall–Kier alpha value is -2.65. The van der Waals surface area contributed by atoms with E-state index >= 15 is 0 Å². The van der Waals surface area contributed by atoms with E-state index in [0.717, 1.165) is 44.0 Å². The molecule has 2 fully saturated rings. The smallest absolute Gasteiger partial charge is 0.294 e. The van der Waals surface area contributed by atoms with Crippen molar-refractivity contribution in [3.05, 3.63) is 70.8 Å². The predicted octanol–water partition coefficient (Wildman–Crippen LogP) is 5.59. The van der Waals surface area contributed by atoms with Crippen molar-refractivity contribution in [2.24, 2.45) is 5.92 Å². The van der Waals surface area contributed by atoms with Crippen LogP contribution in [0.5, 0.6) is 0 Å². The second-order valence-corrected chi connectivity index (χ2v) is 8.30. The number of carbonyl (C=O) groups is 1. The molecule has 0 N–H and O–H groups in total. The zero-order valence-electron chi connectivity index (χ0n) is 16.5. The van der Waals surface area contributed by atoms with Gasteiger partial charge in [0.2, 0.25) is 0 Å². The number of Topliss-reactive ketones (excluding diaryl/α,β-unsaturated/α-hetero) is 1. The van der Waals surface area contributed by atoms with E-state index < -0.39 is 11.7 Å². The van der Waals surface area contributed by atoms with Gasteiger partial charge in [0.1, 0.15) is 0 Å². The maximum Gasteiger partial charge on any atom is 0.416 e. The topological polar surface area (TPSA) is 44.1 Å². The van der Waals surface area contributed by atoms with Crippen molar-refractivity contribution in [2.45, 2.75) is 56.9 Å². The van der Waals surface area contributed by atoms with E-state index in [1.165, 1.54) is 5.56 Å². The van der Waals surface area contributed by atoms with Gasteiger partial charge in [0, 0.05) is 30.1 Å². The molecule has 0 saturated carbocycles. The highest BCUT2D eigenvalue weighted by atomic mass is 19.4. The van der Waals surface area contributed by atoms with E-state index in [-0.39, 0.29) is 34.9 Å². The third-order valence-corrected chi connectivity index (χ3v) is 6.44. The molecule has 2 atom stereocenters. The van der Waals surface area contributed by atoms with Crippen molar-refractivity contribution < 1.29 is 18.0 Å². The molecule has 0 amide bonds. The summed E-state index contributed by atoms with van der Waals surface area (Å²) in [6.45, 7) is 0.824. The maximum atomic E-state index is 13.2. The van der Waals surface area contributed by atoms with Crippen LogP contribution < -0.4 is 0 Å². The highest BCUT2D eigenvalue weighted by Crippen LogP contribution is 2.40. The summed E-state index contributed by atoms with van der Waals surface area (Å²) < 4.78 is 39.5. The zero-order chi connectivity index (χ0) is 21.3. The highest BCUT2D eigenvalue weighted by Gasteiger charge is 2.41. The van der Waals surface area contributed by atoms with E-state index in [9.17, 15) is 23.2 Å². The number of alkyl halides is 3. The lowest BCUT2D eigenvalue weighted by atomic mass is 9.75. The lowest BCUT2D eigenvalue weighted by Crippen LogP contribution is -2.52. The number of hydrogen-bond acceptors (Lipinski definition) is 3. The Labute approximate surface area is 174 Å². The van der Waals surface area contributed by atoms with Gasteiger partial charge in [-0.05, 0) is 49.4 Å². The number of rotatable bonds is 4. The second kappa shape index (κ2) is 8.23. The molecule has 2 aromatic carbocycles. The number of nitrogens with zero attached hydrogens (tertiary/aromatic N) is 2. The van der Waals surface area contributed by atoms with Crippen LogP contribution in [-0.4, -0.2) is 22.8 Å². The van der Waals surface area contributed by atoms with Crippen molar-refractivity contribution in [3.63, 3.8) is 0 Å². The first-order chi connectivity index (χ1) is 14.4. The fourth-order valence-electron chi connectivity index (χ4n) is 4.99. The standard InChI is InChI=1S/C24H23F3N2O/c25-24(26,27)19-10-9-17(14-28)22(13-19)23(30)18-11-20-7-4-8-21(12-18)29(20)15-16-5-2-1-3-6-16/h1-3,5-6,9-10,13,18,20-21H,4,7-8,11-12,15H2. The fourth-order valence-corrected chi connectivity index (χ4v) is 4.99. The normalized spacial score (nSPS) is 24.3. The molecule has 0 aromatic heterocycles. The second-order valence-electron chi connectivity index (χ2n) is 8.30. The van der Waals surface area contributed by atoms with E-state index in [1.54, 1.807) is 0 Å². The minimum absolute atomic E-state index is 0.0184. The molecule has 3 nitrogen and oxygen atoms in total. The molecule has 2 unspecified atom stereocenters. The lowest BCUT2D eigenvalue weighted by molar-refractivity contribution is -0.137. The van der Waals surface area contributed by atoms with Crippen LogP contribution in [0.3, 0.4) is 0 Å². The maximum absolute atomic E-state index is 13.2. The molecule has 4 rings (SSSR count). The molecule has 2 saturated heterocycles. The van der Waals surface area contributed by atoms with Crippen LogP contribution in [0.2, 0.25) is 0 Å². The van der Waals surface area contributed by atoms with Crippen molar-refractivity contribution in [1.82, 2.24) is 4.90 Å². The molecule has 6 heteroatoms. The molecule has 0 spiro atoms. The molecule has 2 aliphatic rings. The number of hydrogen-bond donors (Lipinski definition) is 0. The van der Waals surface area contributed by atoms with Crippen molar-refractivity contribution in [1.29, 1.82) is 5.26 Å². The quantitative estimate of drug-likeness (QED) is 0.615. The first-order valence-electron chi connectivity index (χ1n) is 10.3. The van der Waals surface area contributed by atoms with Gasteiger partial charge < -0.3 is 0 Å². The van der Waals surface area contributed by atoms with Crippen LogP contribution >= 0.6 is 0 Å². The monoisotopic (exact) mass is 412 g/mol. The molecule has 2 aromatic rings. The zero-order valence-corrected chi connectivity index (χ0v) is 16.5. The molecule has 156 valence electrons. The average molecular weight is 412 g/mol. The van der Waals surface area contributed by atoms with Gasteiger partial charge in [0.05, 0.1) is 17.2 Å². The van der Waals surface area contributed by atoms with Crippen LogP contribution in [0, 0.1) is 17.2 Å². The van der Waals surface area contributed by atoms with Gasteiger partial charge >= 0.3 is 6.18 Å².